The SMILES string of the molecule is CCOCCCN(C(C)=O)[C@@H]1CC(C(=O)NCCO)=C[C@H](Oc2ccccc2I)[C@H]1O. The number of benzene rings is 1. The van der Waals surface area contributed by atoms with Crippen molar-refractivity contribution in [1.82, 2.24) is 10.2 Å². The van der Waals surface area contributed by atoms with Crippen LogP contribution in [0.3, 0.4) is 0 Å². The quantitative estimate of drug-likeness (QED) is 0.287. The Kier molecular flexibility index (Phi) is 10.7. The number of halogens is 1. The van der Waals surface area contributed by atoms with E-state index in [1.54, 1.807) is 17.0 Å². The normalized spacial score (nSPS) is 20.7. The second-order valence-corrected chi connectivity index (χ2v) is 8.37. The molecule has 3 N–H and O–H groups in total. The predicted molar refractivity (Wildman–Crippen MR) is 125 cm³/mol. The molecular weight excluding hydrogens is 515 g/mol. The van der Waals surface area contributed by atoms with Crippen LogP contribution in [0.4, 0.5) is 0 Å². The maximum atomic E-state index is 12.6. The molecule has 2 rings (SSSR count). The molecule has 1 aromatic carbocycles. The molecule has 0 saturated heterocycles. The molecule has 0 bridgehead atoms. The van der Waals surface area contributed by atoms with Crippen molar-refractivity contribution >= 4 is 34.4 Å². The molecule has 0 fully saturated rings. The number of nitrogens with one attached hydrogen (secondary N) is 1. The van der Waals surface area contributed by atoms with Crippen LogP contribution in [0, 0.1) is 3.57 Å². The van der Waals surface area contributed by atoms with Gasteiger partial charge in [0.25, 0.3) is 0 Å². The van der Waals surface area contributed by atoms with E-state index in [0.717, 1.165) is 3.57 Å². The second kappa shape index (κ2) is 13.0. The van der Waals surface area contributed by atoms with Crippen LogP contribution in [0.25, 0.3) is 0 Å². The molecule has 0 heterocycles. The van der Waals surface area contributed by atoms with E-state index in [1.807, 2.05) is 25.1 Å². The molecule has 0 unspecified atom stereocenters. The molecule has 0 aromatic heterocycles. The molecule has 1 aliphatic carbocycles. The lowest BCUT2D eigenvalue weighted by molar-refractivity contribution is -0.136. The standard InChI is InChI=1S/C22H31IN2O6/c1-3-30-12-6-10-25(15(2)27)18-13-16(22(29)24-9-11-26)14-20(21(18)28)31-19-8-5-4-7-17(19)23/h4-5,7-8,14,18,20-21,26,28H,3,6,9-13H2,1-2H3,(H,24,29)/t18-,20+,21+/m1/s1. The zero-order valence-corrected chi connectivity index (χ0v) is 20.1. The van der Waals surface area contributed by atoms with Crippen molar-refractivity contribution in [3.63, 3.8) is 0 Å². The predicted octanol–water partition coefficient (Wildman–Crippen LogP) is 1.48. The number of aliphatic hydroxyl groups is 2. The highest BCUT2D eigenvalue weighted by atomic mass is 127. The lowest BCUT2D eigenvalue weighted by Crippen LogP contribution is -2.55. The van der Waals surface area contributed by atoms with Gasteiger partial charge in [-0.3, -0.25) is 9.59 Å². The number of carbonyl (C=O) groups is 2. The third-order valence-electron chi connectivity index (χ3n) is 5.01. The Hall–Kier alpha value is -1.69. The molecule has 31 heavy (non-hydrogen) atoms. The number of para-hydroxylation sites is 1. The van der Waals surface area contributed by atoms with Gasteiger partial charge < -0.3 is 29.9 Å². The van der Waals surface area contributed by atoms with Gasteiger partial charge >= 0.3 is 0 Å². The van der Waals surface area contributed by atoms with E-state index in [-0.39, 0.29) is 31.4 Å². The van der Waals surface area contributed by atoms with Crippen molar-refractivity contribution < 1.29 is 29.3 Å². The molecule has 1 aromatic rings. The fraction of sp³-hybridized carbons (Fsp3) is 0.545. The first-order chi connectivity index (χ1) is 14.9. The van der Waals surface area contributed by atoms with Gasteiger partial charge in [-0.15, -0.1) is 0 Å². The van der Waals surface area contributed by atoms with E-state index in [9.17, 15) is 14.7 Å². The van der Waals surface area contributed by atoms with Crippen LogP contribution >= 0.6 is 22.6 Å². The Balaban J connectivity index is 2.28. The van der Waals surface area contributed by atoms with Gasteiger partial charge in [-0.25, -0.2) is 0 Å². The molecular formula is C22H31IN2O6. The Bertz CT molecular complexity index is 772. The number of aliphatic hydroxyl groups excluding tert-OH is 2. The summed E-state index contributed by atoms with van der Waals surface area (Å²) < 4.78 is 12.3. The van der Waals surface area contributed by atoms with Crippen LogP contribution in [0.1, 0.15) is 26.7 Å². The van der Waals surface area contributed by atoms with Gasteiger partial charge in [-0.05, 0) is 54.1 Å². The first-order valence-corrected chi connectivity index (χ1v) is 11.5. The monoisotopic (exact) mass is 546 g/mol. The first kappa shape index (κ1) is 25.6. The minimum Gasteiger partial charge on any atom is -0.482 e. The Morgan fingerprint density at radius 2 is 2.06 bits per heavy atom. The van der Waals surface area contributed by atoms with Gasteiger partial charge in [0.15, 0.2) is 0 Å². The average Bonchev–Trinajstić information content (AvgIpc) is 2.75. The summed E-state index contributed by atoms with van der Waals surface area (Å²) in [5.41, 5.74) is 0.413. The highest BCUT2D eigenvalue weighted by molar-refractivity contribution is 14.1. The number of hydrogen-bond acceptors (Lipinski definition) is 6. The average molecular weight is 546 g/mol. The molecule has 0 aliphatic heterocycles. The maximum absolute atomic E-state index is 12.6. The van der Waals surface area contributed by atoms with Crippen LogP contribution in [-0.2, 0) is 14.3 Å². The minimum atomic E-state index is -1.01. The summed E-state index contributed by atoms with van der Waals surface area (Å²) in [6, 6.07) is 6.77. The van der Waals surface area contributed by atoms with E-state index in [1.165, 1.54) is 6.92 Å². The van der Waals surface area contributed by atoms with Gasteiger partial charge in [0.2, 0.25) is 11.8 Å². The van der Waals surface area contributed by atoms with Gasteiger partial charge in [0.1, 0.15) is 18.0 Å². The summed E-state index contributed by atoms with van der Waals surface area (Å²) in [5.74, 6) is 0.0515. The lowest BCUT2D eigenvalue weighted by atomic mass is 9.88. The third kappa shape index (κ3) is 7.44. The highest BCUT2D eigenvalue weighted by Crippen LogP contribution is 2.29. The van der Waals surface area contributed by atoms with Crippen LogP contribution in [-0.4, -0.2) is 78.1 Å². The van der Waals surface area contributed by atoms with E-state index in [0.29, 0.717) is 37.5 Å². The van der Waals surface area contributed by atoms with E-state index >= 15 is 0 Å². The van der Waals surface area contributed by atoms with Gasteiger partial charge in [0, 0.05) is 45.2 Å². The largest absolute Gasteiger partial charge is 0.482 e. The zero-order valence-electron chi connectivity index (χ0n) is 17.9. The summed E-state index contributed by atoms with van der Waals surface area (Å²) in [5, 5.41) is 22.8. The van der Waals surface area contributed by atoms with E-state index in [2.05, 4.69) is 27.9 Å². The topological polar surface area (TPSA) is 108 Å². The van der Waals surface area contributed by atoms with Crippen LogP contribution in [0.2, 0.25) is 0 Å². The maximum Gasteiger partial charge on any atom is 0.247 e. The first-order valence-electron chi connectivity index (χ1n) is 10.4. The molecule has 0 saturated carbocycles. The molecule has 3 atom stereocenters. The summed E-state index contributed by atoms with van der Waals surface area (Å²) >= 11 is 2.14. The smallest absolute Gasteiger partial charge is 0.247 e. The lowest BCUT2D eigenvalue weighted by Gasteiger charge is -2.40. The fourth-order valence-electron chi connectivity index (χ4n) is 3.50. The van der Waals surface area contributed by atoms with Crippen LogP contribution in [0.5, 0.6) is 5.75 Å². The molecule has 0 radical (unpaired) electrons. The van der Waals surface area contributed by atoms with Crippen molar-refractivity contribution in [2.24, 2.45) is 0 Å². The van der Waals surface area contributed by atoms with E-state index in [4.69, 9.17) is 14.6 Å². The number of nitrogens with zero attached hydrogens (tertiary/aromatic N) is 1. The molecule has 9 heteroatoms. The molecule has 172 valence electrons. The Labute approximate surface area is 196 Å². The molecule has 1 aliphatic rings. The molecule has 8 nitrogen and oxygen atoms in total. The van der Waals surface area contributed by atoms with E-state index < -0.39 is 18.2 Å². The second-order valence-electron chi connectivity index (χ2n) is 7.21. The number of hydrogen-bond donors (Lipinski definition) is 3. The highest BCUT2D eigenvalue weighted by Gasteiger charge is 2.39. The Morgan fingerprint density at radius 1 is 1.32 bits per heavy atom. The van der Waals surface area contributed by atoms with Crippen molar-refractivity contribution in [2.75, 3.05) is 32.9 Å². The van der Waals surface area contributed by atoms with Gasteiger partial charge in [-0.1, -0.05) is 12.1 Å². The number of amides is 2. The molecule has 2 amide bonds. The van der Waals surface area contributed by atoms with Crippen molar-refractivity contribution in [1.29, 1.82) is 0 Å². The summed E-state index contributed by atoms with van der Waals surface area (Å²) in [6.07, 6.45) is 0.599. The van der Waals surface area contributed by atoms with Crippen molar-refractivity contribution in [3.05, 3.63) is 39.5 Å². The summed E-state index contributed by atoms with van der Waals surface area (Å²) in [7, 11) is 0. The third-order valence-corrected chi connectivity index (χ3v) is 5.90. The van der Waals surface area contributed by atoms with Gasteiger partial charge in [0.05, 0.1) is 16.2 Å². The summed E-state index contributed by atoms with van der Waals surface area (Å²) in [4.78, 5) is 26.6. The Morgan fingerprint density at radius 3 is 2.71 bits per heavy atom. The fourth-order valence-corrected chi connectivity index (χ4v) is 4.02. The van der Waals surface area contributed by atoms with Crippen LogP contribution in [0.15, 0.2) is 35.9 Å². The minimum absolute atomic E-state index is 0.121. The van der Waals surface area contributed by atoms with Crippen molar-refractivity contribution in [3.8, 4) is 5.75 Å². The molecule has 0 spiro atoms. The number of carbonyl (C=O) groups excluding carboxylic acids is 2. The van der Waals surface area contributed by atoms with Gasteiger partial charge in [-0.2, -0.15) is 0 Å². The van der Waals surface area contributed by atoms with Crippen LogP contribution < -0.4 is 10.1 Å². The number of ether oxygens (including phenoxy) is 2. The number of rotatable bonds is 11. The summed E-state index contributed by atoms with van der Waals surface area (Å²) in [6.45, 7) is 4.80. The van der Waals surface area contributed by atoms with Crippen molar-refractivity contribution in [2.45, 2.75) is 44.9 Å². The zero-order chi connectivity index (χ0) is 22.8.